The molecular weight excluding hydrogens is 226 g/mol. The van der Waals surface area contributed by atoms with Gasteiger partial charge in [0, 0.05) is 11.5 Å². The highest BCUT2D eigenvalue weighted by atomic mass is 16.5. The molecule has 4 heteroatoms. The maximum Gasteiger partial charge on any atom is 0.181 e. The monoisotopic (exact) mass is 243 g/mol. The largest absolute Gasteiger partial charge is 0.494 e. The summed E-state index contributed by atoms with van der Waals surface area (Å²) >= 11 is 0. The molecule has 1 heterocycles. The second kappa shape index (κ2) is 4.80. The number of hydrogen-bond acceptors (Lipinski definition) is 3. The smallest absolute Gasteiger partial charge is 0.181 e. The van der Waals surface area contributed by atoms with Gasteiger partial charge in [-0.15, -0.1) is 0 Å². The molecule has 3 rings (SSSR count). The number of nitrogens with zero attached hydrogens (tertiary/aromatic N) is 2. The van der Waals surface area contributed by atoms with Gasteiger partial charge in [-0.05, 0) is 31.4 Å². The Bertz CT molecular complexity index is 531. The first-order valence-electron chi connectivity index (χ1n) is 6.52. The van der Waals surface area contributed by atoms with Gasteiger partial charge in [0.25, 0.3) is 0 Å². The Kier molecular flexibility index (Phi) is 3.00. The topological polar surface area (TPSA) is 50.8 Å². The third-order valence-electron chi connectivity index (χ3n) is 3.03. The van der Waals surface area contributed by atoms with Crippen LogP contribution in [0.15, 0.2) is 24.3 Å². The summed E-state index contributed by atoms with van der Waals surface area (Å²) in [6.07, 6.45) is 3.47. The van der Waals surface area contributed by atoms with E-state index in [1.54, 1.807) is 0 Å². The number of benzene rings is 1. The number of ether oxygens (including phenoxy) is 1. The fourth-order valence-electron chi connectivity index (χ4n) is 1.89. The second-order valence-corrected chi connectivity index (χ2v) is 4.69. The molecule has 0 saturated heterocycles. The minimum atomic E-state index is 0.603. The average Bonchev–Trinajstić information content (AvgIpc) is 3.14. The summed E-state index contributed by atoms with van der Waals surface area (Å²) in [5, 5.41) is 7.30. The number of H-pyrrole nitrogens is 1. The van der Waals surface area contributed by atoms with E-state index < -0.39 is 0 Å². The summed E-state index contributed by atoms with van der Waals surface area (Å²) in [5.41, 5.74) is 1.01. The first-order chi connectivity index (χ1) is 8.86. The molecule has 18 heavy (non-hydrogen) atoms. The van der Waals surface area contributed by atoms with E-state index in [0.29, 0.717) is 5.92 Å². The third kappa shape index (κ3) is 2.37. The van der Waals surface area contributed by atoms with E-state index in [2.05, 4.69) is 22.1 Å². The highest BCUT2D eigenvalue weighted by Crippen LogP contribution is 2.38. The lowest BCUT2D eigenvalue weighted by Gasteiger charge is -2.04. The molecule has 1 aromatic heterocycles. The summed E-state index contributed by atoms with van der Waals surface area (Å²) in [6, 6.07) is 7.95. The van der Waals surface area contributed by atoms with Crippen LogP contribution in [-0.2, 0) is 0 Å². The van der Waals surface area contributed by atoms with Crippen molar-refractivity contribution >= 4 is 0 Å². The first-order valence-corrected chi connectivity index (χ1v) is 6.52. The van der Waals surface area contributed by atoms with Crippen LogP contribution in [0.25, 0.3) is 11.4 Å². The van der Waals surface area contributed by atoms with Crippen LogP contribution in [0.3, 0.4) is 0 Å². The van der Waals surface area contributed by atoms with Crippen molar-refractivity contribution in [3.8, 4) is 17.1 Å². The zero-order valence-electron chi connectivity index (χ0n) is 10.5. The van der Waals surface area contributed by atoms with E-state index in [4.69, 9.17) is 4.74 Å². The zero-order chi connectivity index (χ0) is 12.4. The summed E-state index contributed by atoms with van der Waals surface area (Å²) in [7, 11) is 0. The Hall–Kier alpha value is -1.84. The van der Waals surface area contributed by atoms with Crippen LogP contribution in [0.5, 0.6) is 5.75 Å². The van der Waals surface area contributed by atoms with Gasteiger partial charge in [-0.3, -0.25) is 5.10 Å². The van der Waals surface area contributed by atoms with E-state index in [-0.39, 0.29) is 0 Å². The molecule has 94 valence electrons. The summed E-state index contributed by atoms with van der Waals surface area (Å²) < 4.78 is 5.62. The Balaban J connectivity index is 1.81. The van der Waals surface area contributed by atoms with Crippen LogP contribution in [0, 0.1) is 0 Å². The maximum absolute atomic E-state index is 5.62. The molecule has 1 N–H and O–H groups in total. The van der Waals surface area contributed by atoms with Crippen molar-refractivity contribution < 1.29 is 4.74 Å². The van der Waals surface area contributed by atoms with Crippen molar-refractivity contribution in [1.82, 2.24) is 15.2 Å². The lowest BCUT2D eigenvalue weighted by molar-refractivity contribution is 0.317. The molecule has 0 radical (unpaired) electrons. The van der Waals surface area contributed by atoms with Gasteiger partial charge in [0.2, 0.25) is 0 Å². The van der Waals surface area contributed by atoms with Crippen LogP contribution < -0.4 is 4.74 Å². The molecule has 0 unspecified atom stereocenters. The number of nitrogens with one attached hydrogen (secondary N) is 1. The molecule has 4 nitrogen and oxygen atoms in total. The van der Waals surface area contributed by atoms with Crippen LogP contribution in [0.1, 0.15) is 37.9 Å². The molecule has 1 aromatic carbocycles. The lowest BCUT2D eigenvalue weighted by atomic mass is 10.2. The van der Waals surface area contributed by atoms with Crippen LogP contribution >= 0.6 is 0 Å². The molecule has 0 atom stereocenters. The summed E-state index contributed by atoms with van der Waals surface area (Å²) in [5.74, 6) is 3.27. The SMILES string of the molecule is CCCOc1cccc(-c2n[nH]c(C3CC3)n2)c1. The van der Waals surface area contributed by atoms with E-state index in [1.807, 2.05) is 24.3 Å². The first kappa shape index (κ1) is 11.3. The lowest BCUT2D eigenvalue weighted by Crippen LogP contribution is -1.95. The van der Waals surface area contributed by atoms with Gasteiger partial charge in [0.05, 0.1) is 6.61 Å². The molecule has 1 aliphatic carbocycles. The molecule has 0 aliphatic heterocycles. The second-order valence-electron chi connectivity index (χ2n) is 4.69. The Morgan fingerprint density at radius 3 is 3.06 bits per heavy atom. The van der Waals surface area contributed by atoms with Crippen molar-refractivity contribution in [2.75, 3.05) is 6.61 Å². The van der Waals surface area contributed by atoms with Crippen LogP contribution in [0.2, 0.25) is 0 Å². The van der Waals surface area contributed by atoms with Gasteiger partial charge in [-0.1, -0.05) is 19.1 Å². The van der Waals surface area contributed by atoms with Crippen molar-refractivity contribution in [1.29, 1.82) is 0 Å². The predicted octanol–water partition coefficient (Wildman–Crippen LogP) is 3.14. The van der Waals surface area contributed by atoms with Gasteiger partial charge in [-0.25, -0.2) is 4.98 Å². The molecule has 1 saturated carbocycles. The molecule has 0 spiro atoms. The minimum Gasteiger partial charge on any atom is -0.494 e. The minimum absolute atomic E-state index is 0.603. The van der Waals surface area contributed by atoms with Crippen molar-refractivity contribution in [3.05, 3.63) is 30.1 Å². The van der Waals surface area contributed by atoms with Crippen molar-refractivity contribution in [2.24, 2.45) is 0 Å². The van der Waals surface area contributed by atoms with E-state index >= 15 is 0 Å². The number of aromatic amines is 1. The van der Waals surface area contributed by atoms with Gasteiger partial charge < -0.3 is 4.74 Å². The number of aromatic nitrogens is 3. The standard InChI is InChI=1S/C14H17N3O/c1-2-8-18-12-5-3-4-11(9-12)14-15-13(16-17-14)10-6-7-10/h3-5,9-10H,2,6-8H2,1H3,(H,15,16,17). The third-order valence-corrected chi connectivity index (χ3v) is 3.03. The summed E-state index contributed by atoms with van der Waals surface area (Å²) in [4.78, 5) is 4.54. The van der Waals surface area contributed by atoms with Gasteiger partial charge in [0.1, 0.15) is 11.6 Å². The number of hydrogen-bond donors (Lipinski definition) is 1. The molecule has 0 bridgehead atoms. The normalized spacial score (nSPS) is 14.7. The van der Waals surface area contributed by atoms with Crippen molar-refractivity contribution in [2.45, 2.75) is 32.1 Å². The van der Waals surface area contributed by atoms with E-state index in [9.17, 15) is 0 Å². The zero-order valence-corrected chi connectivity index (χ0v) is 10.5. The fraction of sp³-hybridized carbons (Fsp3) is 0.429. The molecule has 2 aromatic rings. The quantitative estimate of drug-likeness (QED) is 0.877. The van der Waals surface area contributed by atoms with Crippen LogP contribution in [-0.4, -0.2) is 21.8 Å². The van der Waals surface area contributed by atoms with E-state index in [0.717, 1.165) is 36.0 Å². The van der Waals surface area contributed by atoms with Crippen LogP contribution in [0.4, 0.5) is 0 Å². The maximum atomic E-state index is 5.62. The summed E-state index contributed by atoms with van der Waals surface area (Å²) in [6.45, 7) is 2.84. The Morgan fingerprint density at radius 2 is 2.28 bits per heavy atom. The predicted molar refractivity (Wildman–Crippen MR) is 69.6 cm³/mol. The van der Waals surface area contributed by atoms with Gasteiger partial charge in [0.15, 0.2) is 5.82 Å². The van der Waals surface area contributed by atoms with Crippen molar-refractivity contribution in [3.63, 3.8) is 0 Å². The molecule has 0 amide bonds. The Labute approximate surface area is 106 Å². The fourth-order valence-corrected chi connectivity index (χ4v) is 1.89. The highest BCUT2D eigenvalue weighted by molar-refractivity contribution is 5.57. The Morgan fingerprint density at radius 1 is 1.39 bits per heavy atom. The van der Waals surface area contributed by atoms with Gasteiger partial charge >= 0.3 is 0 Å². The molecule has 1 fully saturated rings. The molecular formula is C14H17N3O. The average molecular weight is 243 g/mol. The molecule has 1 aliphatic rings. The van der Waals surface area contributed by atoms with E-state index in [1.165, 1.54) is 12.8 Å². The number of rotatable bonds is 5. The highest BCUT2D eigenvalue weighted by Gasteiger charge is 2.27. The van der Waals surface area contributed by atoms with Gasteiger partial charge in [-0.2, -0.15) is 5.10 Å².